The summed E-state index contributed by atoms with van der Waals surface area (Å²) in [6.45, 7) is 6.36. The second kappa shape index (κ2) is 5.27. The van der Waals surface area contributed by atoms with Crippen molar-refractivity contribution < 1.29 is 4.79 Å². The average molecular weight is 295 g/mol. The Balaban J connectivity index is 1.66. The van der Waals surface area contributed by atoms with E-state index >= 15 is 0 Å². The van der Waals surface area contributed by atoms with Gasteiger partial charge in [-0.2, -0.15) is 0 Å². The molecule has 1 aliphatic carbocycles. The summed E-state index contributed by atoms with van der Waals surface area (Å²) in [4.78, 5) is 19.1. The summed E-state index contributed by atoms with van der Waals surface area (Å²) < 4.78 is 2.21. The van der Waals surface area contributed by atoms with E-state index in [1.165, 1.54) is 12.8 Å². The van der Waals surface area contributed by atoms with Gasteiger partial charge in [0, 0.05) is 32.0 Å². The predicted octanol–water partition coefficient (Wildman–Crippen LogP) is 2.95. The number of hydrogen-bond donors (Lipinski definition) is 0. The first-order valence-electron chi connectivity index (χ1n) is 8.10. The van der Waals surface area contributed by atoms with Crippen LogP contribution in [-0.2, 0) is 11.3 Å². The van der Waals surface area contributed by atoms with Gasteiger partial charge in [-0.3, -0.25) is 4.79 Å². The molecule has 1 atom stereocenters. The third kappa shape index (κ3) is 2.32. The van der Waals surface area contributed by atoms with Crippen LogP contribution in [0.3, 0.4) is 0 Å². The molecule has 1 amide bonds. The summed E-state index contributed by atoms with van der Waals surface area (Å²) in [6.07, 6.45) is 5.05. The van der Waals surface area contributed by atoms with Crippen LogP contribution in [0, 0.1) is 5.92 Å². The summed E-state index contributed by atoms with van der Waals surface area (Å²) >= 11 is 0. The van der Waals surface area contributed by atoms with Gasteiger partial charge in [0.15, 0.2) is 0 Å². The first-order valence-corrected chi connectivity index (χ1v) is 8.10. The Morgan fingerprint density at radius 3 is 2.91 bits per heavy atom. The van der Waals surface area contributed by atoms with Crippen molar-refractivity contribution in [3.8, 4) is 0 Å². The molecular formula is C18H21N3O. The molecule has 1 aromatic heterocycles. The van der Waals surface area contributed by atoms with Crippen LogP contribution in [0.15, 0.2) is 36.9 Å². The number of nitrogens with zero attached hydrogens (tertiary/aromatic N) is 3. The van der Waals surface area contributed by atoms with Crippen molar-refractivity contribution >= 4 is 16.9 Å². The molecule has 1 saturated carbocycles. The quantitative estimate of drug-likeness (QED) is 0.795. The maximum absolute atomic E-state index is 12.3. The number of carbonyl (C=O) groups excluding carboxylic acids is 1. The fraction of sp³-hybridized carbons (Fsp3) is 0.444. The van der Waals surface area contributed by atoms with Gasteiger partial charge in [-0.05, 0) is 30.9 Å². The van der Waals surface area contributed by atoms with Gasteiger partial charge < -0.3 is 9.47 Å². The van der Waals surface area contributed by atoms with Gasteiger partial charge in [0.05, 0.1) is 11.0 Å². The van der Waals surface area contributed by atoms with E-state index in [9.17, 15) is 4.79 Å². The Hall–Kier alpha value is -2.10. The first-order chi connectivity index (χ1) is 10.8. The van der Waals surface area contributed by atoms with Crippen molar-refractivity contribution in [3.05, 3.63) is 42.7 Å². The third-order valence-corrected chi connectivity index (χ3v) is 4.75. The number of benzene rings is 1. The van der Waals surface area contributed by atoms with Crippen LogP contribution in [0.5, 0.6) is 0 Å². The van der Waals surface area contributed by atoms with Gasteiger partial charge in [0.1, 0.15) is 5.82 Å². The molecule has 4 nitrogen and oxygen atoms in total. The Kier molecular flexibility index (Phi) is 3.25. The van der Waals surface area contributed by atoms with E-state index in [0.29, 0.717) is 6.42 Å². The lowest BCUT2D eigenvalue weighted by atomic mass is 10.1. The summed E-state index contributed by atoms with van der Waals surface area (Å²) in [5, 5.41) is 0. The highest BCUT2D eigenvalue weighted by molar-refractivity contribution is 5.81. The van der Waals surface area contributed by atoms with Gasteiger partial charge >= 0.3 is 0 Å². The minimum absolute atomic E-state index is 0.207. The van der Waals surface area contributed by atoms with Gasteiger partial charge in [0.2, 0.25) is 5.91 Å². The molecule has 0 N–H and O–H groups in total. The van der Waals surface area contributed by atoms with E-state index in [2.05, 4.69) is 17.2 Å². The summed E-state index contributed by atoms with van der Waals surface area (Å²) in [7, 11) is 0. The second-order valence-corrected chi connectivity index (χ2v) is 6.50. The molecule has 0 bridgehead atoms. The zero-order valence-corrected chi connectivity index (χ0v) is 12.7. The maximum atomic E-state index is 12.3. The van der Waals surface area contributed by atoms with Crippen LogP contribution in [0.2, 0.25) is 0 Å². The molecule has 0 unspecified atom stereocenters. The summed E-state index contributed by atoms with van der Waals surface area (Å²) in [5.74, 6) is 2.27. The fourth-order valence-electron chi connectivity index (χ4n) is 3.46. The van der Waals surface area contributed by atoms with Crippen LogP contribution in [0.25, 0.3) is 11.0 Å². The number of hydrogen-bond acceptors (Lipinski definition) is 2. The van der Waals surface area contributed by atoms with Gasteiger partial charge in [-0.15, -0.1) is 6.58 Å². The fourth-order valence-corrected chi connectivity index (χ4v) is 3.46. The number of rotatable bonds is 5. The molecule has 1 saturated heterocycles. The number of imidazole rings is 1. The molecule has 0 radical (unpaired) electrons. The first kappa shape index (κ1) is 13.6. The average Bonchev–Trinajstić information content (AvgIpc) is 3.16. The number of amides is 1. The van der Waals surface area contributed by atoms with E-state index in [1.54, 1.807) is 0 Å². The molecule has 22 heavy (non-hydrogen) atoms. The molecule has 2 heterocycles. The van der Waals surface area contributed by atoms with Crippen molar-refractivity contribution in [2.24, 2.45) is 5.92 Å². The molecular weight excluding hydrogens is 274 g/mol. The van der Waals surface area contributed by atoms with Crippen molar-refractivity contribution in [3.63, 3.8) is 0 Å². The van der Waals surface area contributed by atoms with Crippen LogP contribution in [0.1, 0.15) is 31.0 Å². The largest absolute Gasteiger partial charge is 0.342 e. The summed E-state index contributed by atoms with van der Waals surface area (Å²) in [6, 6.07) is 8.17. The number of para-hydroxylation sites is 2. The predicted molar refractivity (Wildman–Crippen MR) is 86.6 cm³/mol. The summed E-state index contributed by atoms with van der Waals surface area (Å²) in [5.41, 5.74) is 2.14. The monoisotopic (exact) mass is 295 g/mol. The van der Waals surface area contributed by atoms with Gasteiger partial charge in [-0.1, -0.05) is 18.2 Å². The van der Waals surface area contributed by atoms with Crippen molar-refractivity contribution in [1.82, 2.24) is 14.5 Å². The van der Waals surface area contributed by atoms with Crippen molar-refractivity contribution in [2.45, 2.75) is 31.7 Å². The smallest absolute Gasteiger partial charge is 0.223 e. The highest BCUT2D eigenvalue weighted by Gasteiger charge is 2.36. The number of allylic oxidation sites excluding steroid dienone is 1. The highest BCUT2D eigenvalue weighted by atomic mass is 16.2. The lowest BCUT2D eigenvalue weighted by Crippen LogP contribution is -2.27. The molecule has 2 fully saturated rings. The maximum Gasteiger partial charge on any atom is 0.223 e. The zero-order valence-electron chi connectivity index (χ0n) is 12.7. The molecule has 4 heteroatoms. The normalized spacial score (nSPS) is 21.7. The lowest BCUT2D eigenvalue weighted by Gasteiger charge is -2.16. The second-order valence-electron chi connectivity index (χ2n) is 6.50. The molecule has 2 aromatic rings. The van der Waals surface area contributed by atoms with Gasteiger partial charge in [0.25, 0.3) is 0 Å². The SMILES string of the molecule is C=CCn1c([C@@H]2CC(=O)N(CC3CC3)C2)nc2ccccc21. The van der Waals surface area contributed by atoms with Crippen LogP contribution < -0.4 is 0 Å². The van der Waals surface area contributed by atoms with E-state index < -0.39 is 0 Å². The third-order valence-electron chi connectivity index (χ3n) is 4.75. The van der Waals surface area contributed by atoms with E-state index in [0.717, 1.165) is 42.4 Å². The minimum atomic E-state index is 0.207. The Morgan fingerprint density at radius 2 is 2.14 bits per heavy atom. The topological polar surface area (TPSA) is 38.1 Å². The molecule has 1 aromatic carbocycles. The highest BCUT2D eigenvalue weighted by Crippen LogP contribution is 2.35. The lowest BCUT2D eigenvalue weighted by molar-refractivity contribution is -0.127. The zero-order chi connectivity index (χ0) is 15.1. The number of carbonyl (C=O) groups is 1. The Labute approximate surface area is 130 Å². The molecule has 4 rings (SSSR count). The van der Waals surface area contributed by atoms with E-state index in [1.807, 2.05) is 29.2 Å². The molecule has 1 aliphatic heterocycles. The van der Waals surface area contributed by atoms with Crippen LogP contribution >= 0.6 is 0 Å². The number of likely N-dealkylation sites (tertiary alicyclic amines) is 1. The van der Waals surface area contributed by atoms with E-state index in [4.69, 9.17) is 4.98 Å². The van der Waals surface area contributed by atoms with Crippen molar-refractivity contribution in [1.29, 1.82) is 0 Å². The Bertz CT molecular complexity index is 729. The molecule has 2 aliphatic rings. The van der Waals surface area contributed by atoms with Crippen molar-refractivity contribution in [2.75, 3.05) is 13.1 Å². The van der Waals surface area contributed by atoms with Gasteiger partial charge in [-0.25, -0.2) is 4.98 Å². The number of fused-ring (bicyclic) bond motifs is 1. The minimum Gasteiger partial charge on any atom is -0.342 e. The van der Waals surface area contributed by atoms with Crippen LogP contribution in [-0.4, -0.2) is 33.4 Å². The van der Waals surface area contributed by atoms with Crippen LogP contribution in [0.4, 0.5) is 0 Å². The Morgan fingerprint density at radius 1 is 1.32 bits per heavy atom. The molecule has 0 spiro atoms. The number of aromatic nitrogens is 2. The standard InChI is InChI=1S/C18H21N3O/c1-2-9-21-16-6-4-3-5-15(16)19-18(21)14-10-17(22)20(12-14)11-13-7-8-13/h2-6,13-14H,1,7-12H2/t14-/m1/s1. The van der Waals surface area contributed by atoms with E-state index in [-0.39, 0.29) is 11.8 Å². The molecule has 114 valence electrons.